The van der Waals surface area contributed by atoms with Gasteiger partial charge in [0, 0.05) is 45.7 Å². The zero-order valence-corrected chi connectivity index (χ0v) is 10.8. The van der Waals surface area contributed by atoms with Gasteiger partial charge in [-0.05, 0) is 0 Å². The van der Waals surface area contributed by atoms with E-state index in [1.54, 1.807) is 9.80 Å². The van der Waals surface area contributed by atoms with Gasteiger partial charge in [-0.15, -0.1) is 0 Å². The summed E-state index contributed by atoms with van der Waals surface area (Å²) in [5, 5.41) is 0. The summed E-state index contributed by atoms with van der Waals surface area (Å²) in [7, 11) is 1.49. The molecule has 102 valence electrons. The minimum atomic E-state index is -0.146. The van der Waals surface area contributed by atoms with Crippen LogP contribution in [0.15, 0.2) is 18.6 Å². The van der Waals surface area contributed by atoms with Crippen LogP contribution < -0.4 is 0 Å². The first-order valence-corrected chi connectivity index (χ1v) is 6.04. The van der Waals surface area contributed by atoms with Crippen molar-refractivity contribution in [3.8, 4) is 0 Å². The van der Waals surface area contributed by atoms with Crippen molar-refractivity contribution in [1.82, 2.24) is 19.8 Å². The molecule has 1 aromatic rings. The Morgan fingerprint density at radius 2 is 1.89 bits per heavy atom. The number of carbonyl (C=O) groups is 2. The zero-order chi connectivity index (χ0) is 13.7. The first-order valence-electron chi connectivity index (χ1n) is 6.04. The van der Waals surface area contributed by atoms with E-state index in [9.17, 15) is 9.59 Å². The largest absolute Gasteiger partial charge is 0.375 e. The lowest BCUT2D eigenvalue weighted by atomic mass is 10.2. The summed E-state index contributed by atoms with van der Waals surface area (Å²) in [4.78, 5) is 35.0. The average molecular weight is 264 g/mol. The van der Waals surface area contributed by atoms with Gasteiger partial charge in [0.15, 0.2) is 0 Å². The average Bonchev–Trinajstić information content (AvgIpc) is 2.48. The van der Waals surface area contributed by atoms with Crippen LogP contribution in [0.3, 0.4) is 0 Å². The lowest BCUT2D eigenvalue weighted by molar-refractivity contribution is -0.136. The Kier molecular flexibility index (Phi) is 4.40. The molecule has 7 nitrogen and oxygen atoms in total. The maximum absolute atomic E-state index is 12.1. The van der Waals surface area contributed by atoms with Gasteiger partial charge in [-0.25, -0.2) is 4.98 Å². The fourth-order valence-electron chi connectivity index (χ4n) is 1.95. The van der Waals surface area contributed by atoms with Gasteiger partial charge in [0.2, 0.25) is 5.91 Å². The Labute approximate surface area is 111 Å². The molecule has 19 heavy (non-hydrogen) atoms. The normalized spacial score (nSPS) is 15.4. The number of piperazine rings is 1. The Hall–Kier alpha value is -2.02. The van der Waals surface area contributed by atoms with E-state index >= 15 is 0 Å². The predicted octanol–water partition coefficient (Wildman–Crippen LogP) is -0.593. The molecule has 2 rings (SSSR count). The summed E-state index contributed by atoms with van der Waals surface area (Å²) in [6.07, 6.45) is 4.47. The van der Waals surface area contributed by atoms with Crippen LogP contribution in [0, 0.1) is 0 Å². The van der Waals surface area contributed by atoms with Crippen molar-refractivity contribution in [2.45, 2.75) is 0 Å². The van der Waals surface area contributed by atoms with Crippen LogP contribution in [-0.4, -0.2) is 71.5 Å². The summed E-state index contributed by atoms with van der Waals surface area (Å²) in [5.41, 5.74) is 0.333. The molecule has 2 amide bonds. The SMILES string of the molecule is COCC(=O)N1CCN(C(=O)c2cnccn2)CC1. The van der Waals surface area contributed by atoms with Gasteiger partial charge in [0.05, 0.1) is 6.20 Å². The number of methoxy groups -OCH3 is 1. The van der Waals surface area contributed by atoms with Crippen LogP contribution in [0.4, 0.5) is 0 Å². The highest BCUT2D eigenvalue weighted by molar-refractivity contribution is 5.92. The van der Waals surface area contributed by atoms with Gasteiger partial charge in [0.25, 0.3) is 5.91 Å². The van der Waals surface area contributed by atoms with Gasteiger partial charge in [-0.1, -0.05) is 0 Å². The second-order valence-electron chi connectivity index (χ2n) is 4.20. The van der Waals surface area contributed by atoms with Gasteiger partial charge >= 0.3 is 0 Å². The molecule has 0 unspecified atom stereocenters. The molecule has 0 N–H and O–H groups in total. The summed E-state index contributed by atoms with van der Waals surface area (Å²) >= 11 is 0. The summed E-state index contributed by atoms with van der Waals surface area (Å²) in [5.74, 6) is -0.193. The molecule has 2 heterocycles. The highest BCUT2D eigenvalue weighted by atomic mass is 16.5. The number of ether oxygens (including phenoxy) is 1. The first-order chi connectivity index (χ1) is 9.22. The van der Waals surface area contributed by atoms with E-state index in [0.717, 1.165) is 0 Å². The van der Waals surface area contributed by atoms with E-state index in [1.165, 1.54) is 25.7 Å². The van der Waals surface area contributed by atoms with Crippen LogP contribution in [0.25, 0.3) is 0 Å². The fraction of sp³-hybridized carbons (Fsp3) is 0.500. The highest BCUT2D eigenvalue weighted by Crippen LogP contribution is 2.06. The van der Waals surface area contributed by atoms with Crippen molar-refractivity contribution in [2.75, 3.05) is 39.9 Å². The third kappa shape index (κ3) is 3.25. The topological polar surface area (TPSA) is 75.6 Å². The minimum absolute atomic E-state index is 0.0471. The molecule has 0 saturated carbocycles. The van der Waals surface area contributed by atoms with E-state index < -0.39 is 0 Å². The molecule has 1 aliphatic heterocycles. The molecule has 1 saturated heterocycles. The molecule has 7 heteroatoms. The first kappa shape index (κ1) is 13.4. The van der Waals surface area contributed by atoms with Crippen molar-refractivity contribution in [3.63, 3.8) is 0 Å². The molecule has 0 radical (unpaired) electrons. The quantitative estimate of drug-likeness (QED) is 0.729. The summed E-state index contributed by atoms with van der Waals surface area (Å²) in [6.45, 7) is 2.14. The smallest absolute Gasteiger partial charge is 0.274 e. The number of amides is 2. The van der Waals surface area contributed by atoms with Gasteiger partial charge in [-0.3, -0.25) is 14.6 Å². The minimum Gasteiger partial charge on any atom is -0.375 e. The Morgan fingerprint density at radius 1 is 1.21 bits per heavy atom. The molecular weight excluding hydrogens is 248 g/mol. The number of nitrogens with zero attached hydrogens (tertiary/aromatic N) is 4. The van der Waals surface area contributed by atoms with E-state index in [0.29, 0.717) is 31.9 Å². The van der Waals surface area contributed by atoms with E-state index in [2.05, 4.69) is 9.97 Å². The monoisotopic (exact) mass is 264 g/mol. The predicted molar refractivity (Wildman–Crippen MR) is 66.4 cm³/mol. The van der Waals surface area contributed by atoms with Crippen LogP contribution in [-0.2, 0) is 9.53 Å². The third-order valence-corrected chi connectivity index (χ3v) is 2.97. The standard InChI is InChI=1S/C12H16N4O3/c1-19-9-11(17)15-4-6-16(7-5-15)12(18)10-8-13-2-3-14-10/h2-3,8H,4-7,9H2,1H3. The Balaban J connectivity index is 1.90. The molecular formula is C12H16N4O3. The van der Waals surface area contributed by atoms with E-state index in [1.807, 2.05) is 0 Å². The van der Waals surface area contributed by atoms with Crippen molar-refractivity contribution < 1.29 is 14.3 Å². The Morgan fingerprint density at radius 3 is 2.47 bits per heavy atom. The number of hydrogen-bond donors (Lipinski definition) is 0. The van der Waals surface area contributed by atoms with Crippen LogP contribution in [0.2, 0.25) is 0 Å². The van der Waals surface area contributed by atoms with Crippen molar-refractivity contribution >= 4 is 11.8 Å². The molecule has 0 atom stereocenters. The maximum atomic E-state index is 12.1. The molecule has 1 aromatic heterocycles. The van der Waals surface area contributed by atoms with Gasteiger partial charge in [-0.2, -0.15) is 0 Å². The number of aromatic nitrogens is 2. The number of hydrogen-bond acceptors (Lipinski definition) is 5. The second-order valence-corrected chi connectivity index (χ2v) is 4.20. The third-order valence-electron chi connectivity index (χ3n) is 2.97. The molecule has 1 fully saturated rings. The Bertz CT molecular complexity index is 444. The van der Waals surface area contributed by atoms with E-state index in [-0.39, 0.29) is 18.4 Å². The summed E-state index contributed by atoms with van der Waals surface area (Å²) < 4.78 is 4.81. The van der Waals surface area contributed by atoms with Crippen LogP contribution >= 0.6 is 0 Å². The molecule has 0 aliphatic carbocycles. The molecule has 1 aliphatic rings. The van der Waals surface area contributed by atoms with Crippen molar-refractivity contribution in [1.29, 1.82) is 0 Å². The van der Waals surface area contributed by atoms with Crippen molar-refractivity contribution in [2.24, 2.45) is 0 Å². The van der Waals surface area contributed by atoms with Gasteiger partial charge in [0.1, 0.15) is 12.3 Å². The highest BCUT2D eigenvalue weighted by Gasteiger charge is 2.25. The van der Waals surface area contributed by atoms with E-state index in [4.69, 9.17) is 4.74 Å². The number of rotatable bonds is 3. The number of carbonyl (C=O) groups excluding carboxylic acids is 2. The van der Waals surface area contributed by atoms with Crippen LogP contribution in [0.5, 0.6) is 0 Å². The lowest BCUT2D eigenvalue weighted by Gasteiger charge is -2.34. The second kappa shape index (κ2) is 6.24. The lowest BCUT2D eigenvalue weighted by Crippen LogP contribution is -2.51. The van der Waals surface area contributed by atoms with Crippen LogP contribution in [0.1, 0.15) is 10.5 Å². The molecule has 0 bridgehead atoms. The maximum Gasteiger partial charge on any atom is 0.274 e. The van der Waals surface area contributed by atoms with Crippen molar-refractivity contribution in [3.05, 3.63) is 24.3 Å². The fourth-order valence-corrected chi connectivity index (χ4v) is 1.95. The molecule has 0 aromatic carbocycles. The molecule has 0 spiro atoms. The summed E-state index contributed by atoms with van der Waals surface area (Å²) in [6, 6.07) is 0. The zero-order valence-electron chi connectivity index (χ0n) is 10.8. The van der Waals surface area contributed by atoms with Gasteiger partial charge < -0.3 is 14.5 Å².